The van der Waals surface area contributed by atoms with Crippen molar-refractivity contribution >= 4 is 12.3 Å². The van der Waals surface area contributed by atoms with Gasteiger partial charge in [-0.2, -0.15) is 0 Å². The lowest BCUT2D eigenvalue weighted by molar-refractivity contribution is -0.152. The van der Waals surface area contributed by atoms with Crippen LogP contribution in [-0.4, -0.2) is 51.0 Å². The highest BCUT2D eigenvalue weighted by atomic mass is 16.6. The van der Waals surface area contributed by atoms with Gasteiger partial charge in [-0.15, -0.1) is 0 Å². The largest absolute Gasteiger partial charge is 0.505 e. The number of hydrogen-bond donors (Lipinski definition) is 4. The van der Waals surface area contributed by atoms with Crippen molar-refractivity contribution in [2.75, 3.05) is 0 Å². The Labute approximate surface area is 77.8 Å². The van der Waals surface area contributed by atoms with Crippen molar-refractivity contribution in [3.8, 4) is 0 Å². The number of aliphatic hydroxyl groups is 4. The Balaban J connectivity index is 2.83. The second-order valence-corrected chi connectivity index (χ2v) is 2.68. The summed E-state index contributed by atoms with van der Waals surface area (Å²) in [6, 6.07) is 0. The maximum atomic E-state index is 10.6. The molecular weight excluding hydrogens is 196 g/mol. The summed E-state index contributed by atoms with van der Waals surface area (Å²) in [7, 11) is 0. The molecule has 0 aliphatic carbocycles. The zero-order chi connectivity index (χ0) is 10.9. The van der Waals surface area contributed by atoms with Crippen LogP contribution in [0.25, 0.3) is 0 Å². The SMILES string of the molecule is O=CC(O)[C@H](O)[C@H]1OC(=O)C(O)=C1O. The highest BCUT2D eigenvalue weighted by molar-refractivity contribution is 5.89. The van der Waals surface area contributed by atoms with Crippen LogP contribution in [-0.2, 0) is 14.3 Å². The van der Waals surface area contributed by atoms with Gasteiger partial charge in [0.25, 0.3) is 0 Å². The first-order chi connectivity index (χ1) is 6.49. The Morgan fingerprint density at radius 2 is 1.93 bits per heavy atom. The van der Waals surface area contributed by atoms with Gasteiger partial charge in [-0.25, -0.2) is 4.79 Å². The van der Waals surface area contributed by atoms with Crippen molar-refractivity contribution in [3.63, 3.8) is 0 Å². The van der Waals surface area contributed by atoms with Gasteiger partial charge in [0.05, 0.1) is 0 Å². The van der Waals surface area contributed by atoms with E-state index in [1.54, 1.807) is 0 Å². The van der Waals surface area contributed by atoms with E-state index in [1.807, 2.05) is 0 Å². The van der Waals surface area contributed by atoms with Gasteiger partial charge in [-0.3, -0.25) is 0 Å². The van der Waals surface area contributed by atoms with Gasteiger partial charge in [-0.1, -0.05) is 0 Å². The predicted molar refractivity (Wildman–Crippen MR) is 40.2 cm³/mol. The number of cyclic esters (lactones) is 1. The van der Waals surface area contributed by atoms with Crippen LogP contribution in [0.15, 0.2) is 11.5 Å². The number of carbonyl (C=O) groups is 2. The minimum absolute atomic E-state index is 0.0150. The molecule has 0 aromatic heterocycles. The molecule has 0 radical (unpaired) electrons. The maximum absolute atomic E-state index is 10.6. The van der Waals surface area contributed by atoms with Crippen LogP contribution in [0, 0.1) is 0 Å². The normalized spacial score (nSPS) is 25.9. The van der Waals surface area contributed by atoms with Gasteiger partial charge in [-0.05, 0) is 0 Å². The number of hydrogen-bond acceptors (Lipinski definition) is 7. The number of aldehydes is 1. The molecule has 0 aromatic rings. The zero-order valence-electron chi connectivity index (χ0n) is 6.82. The molecule has 1 aliphatic rings. The fraction of sp³-hybridized carbons (Fsp3) is 0.429. The van der Waals surface area contributed by atoms with E-state index in [-0.39, 0.29) is 6.29 Å². The molecule has 1 unspecified atom stereocenters. The van der Waals surface area contributed by atoms with Crippen molar-refractivity contribution in [2.24, 2.45) is 0 Å². The molecule has 4 N–H and O–H groups in total. The minimum atomic E-state index is -1.80. The Kier molecular flexibility index (Phi) is 2.73. The third kappa shape index (κ3) is 1.54. The molecule has 0 fully saturated rings. The Hall–Kier alpha value is -1.60. The van der Waals surface area contributed by atoms with Crippen LogP contribution < -0.4 is 0 Å². The van der Waals surface area contributed by atoms with Gasteiger partial charge in [0.2, 0.25) is 5.76 Å². The standard InChI is InChI=1S/C7H8O7/c8-1-2(9)3(10)6-4(11)5(12)7(13)14-6/h1-3,6,9-12H/t2?,3-,6+/m0/s1. The second-order valence-electron chi connectivity index (χ2n) is 2.68. The van der Waals surface area contributed by atoms with E-state index in [2.05, 4.69) is 4.74 Å². The number of ether oxygens (including phenoxy) is 1. The Morgan fingerprint density at radius 1 is 1.36 bits per heavy atom. The smallest absolute Gasteiger partial charge is 0.377 e. The quantitative estimate of drug-likeness (QED) is 0.314. The van der Waals surface area contributed by atoms with E-state index in [0.717, 1.165) is 0 Å². The molecule has 0 aromatic carbocycles. The summed E-state index contributed by atoms with van der Waals surface area (Å²) in [6.45, 7) is 0. The molecule has 0 bridgehead atoms. The molecule has 3 atom stereocenters. The summed E-state index contributed by atoms with van der Waals surface area (Å²) < 4.78 is 4.29. The molecule has 0 amide bonds. The molecule has 0 saturated carbocycles. The number of esters is 1. The number of aliphatic hydroxyl groups excluding tert-OH is 4. The molecular formula is C7H8O7. The van der Waals surface area contributed by atoms with Crippen molar-refractivity contribution < 1.29 is 34.8 Å². The summed E-state index contributed by atoms with van der Waals surface area (Å²) in [6.07, 6.45) is -5.20. The van der Waals surface area contributed by atoms with Gasteiger partial charge in [0.1, 0.15) is 12.2 Å². The highest BCUT2D eigenvalue weighted by Gasteiger charge is 2.41. The van der Waals surface area contributed by atoms with Crippen LogP contribution in [0.3, 0.4) is 0 Å². The molecule has 0 saturated heterocycles. The van der Waals surface area contributed by atoms with Crippen LogP contribution in [0.4, 0.5) is 0 Å². The van der Waals surface area contributed by atoms with Gasteiger partial charge < -0.3 is 30.0 Å². The van der Waals surface area contributed by atoms with E-state index in [1.165, 1.54) is 0 Å². The van der Waals surface area contributed by atoms with E-state index in [4.69, 9.17) is 20.4 Å². The molecule has 1 heterocycles. The van der Waals surface area contributed by atoms with Gasteiger partial charge in [0.15, 0.2) is 18.1 Å². The van der Waals surface area contributed by atoms with Crippen LogP contribution in [0.2, 0.25) is 0 Å². The first-order valence-corrected chi connectivity index (χ1v) is 3.63. The van der Waals surface area contributed by atoms with E-state index in [9.17, 15) is 9.59 Å². The summed E-state index contributed by atoms with van der Waals surface area (Å²) in [5, 5.41) is 35.9. The van der Waals surface area contributed by atoms with Crippen molar-refractivity contribution in [3.05, 3.63) is 11.5 Å². The van der Waals surface area contributed by atoms with Crippen molar-refractivity contribution in [1.82, 2.24) is 0 Å². The molecule has 7 nitrogen and oxygen atoms in total. The minimum Gasteiger partial charge on any atom is -0.505 e. The fourth-order valence-electron chi connectivity index (χ4n) is 0.957. The number of rotatable bonds is 3. The average Bonchev–Trinajstić information content (AvgIpc) is 2.43. The molecule has 1 aliphatic heterocycles. The number of carbonyl (C=O) groups excluding carboxylic acids is 2. The van der Waals surface area contributed by atoms with E-state index >= 15 is 0 Å². The van der Waals surface area contributed by atoms with Crippen LogP contribution in [0.1, 0.15) is 0 Å². The van der Waals surface area contributed by atoms with Crippen LogP contribution >= 0.6 is 0 Å². The van der Waals surface area contributed by atoms with Crippen molar-refractivity contribution in [1.29, 1.82) is 0 Å². The molecule has 7 heteroatoms. The summed E-state index contributed by atoms with van der Waals surface area (Å²) in [5.74, 6) is -3.15. The summed E-state index contributed by atoms with van der Waals surface area (Å²) in [5.41, 5.74) is 0. The predicted octanol–water partition coefficient (Wildman–Crippen LogP) is -1.84. The molecule has 14 heavy (non-hydrogen) atoms. The second kappa shape index (κ2) is 3.64. The molecule has 0 spiro atoms. The lowest BCUT2D eigenvalue weighted by atomic mass is 10.1. The van der Waals surface area contributed by atoms with Gasteiger partial charge >= 0.3 is 5.97 Å². The first kappa shape index (κ1) is 10.5. The lowest BCUT2D eigenvalue weighted by Crippen LogP contribution is -2.39. The average molecular weight is 204 g/mol. The molecule has 78 valence electrons. The zero-order valence-corrected chi connectivity index (χ0v) is 6.82. The highest BCUT2D eigenvalue weighted by Crippen LogP contribution is 2.22. The summed E-state index contributed by atoms with van der Waals surface area (Å²) >= 11 is 0. The topological polar surface area (TPSA) is 124 Å². The van der Waals surface area contributed by atoms with Gasteiger partial charge in [0, 0.05) is 0 Å². The van der Waals surface area contributed by atoms with Crippen LogP contribution in [0.5, 0.6) is 0 Å². The monoisotopic (exact) mass is 204 g/mol. The lowest BCUT2D eigenvalue weighted by Gasteiger charge is -2.18. The Bertz CT molecular complexity index is 294. The third-order valence-electron chi connectivity index (χ3n) is 1.74. The fourth-order valence-corrected chi connectivity index (χ4v) is 0.957. The van der Waals surface area contributed by atoms with E-state index < -0.39 is 35.8 Å². The van der Waals surface area contributed by atoms with Crippen molar-refractivity contribution in [2.45, 2.75) is 18.3 Å². The first-order valence-electron chi connectivity index (χ1n) is 3.63. The maximum Gasteiger partial charge on any atom is 0.377 e. The Morgan fingerprint density at radius 3 is 2.29 bits per heavy atom. The third-order valence-corrected chi connectivity index (χ3v) is 1.74. The molecule has 1 rings (SSSR count). The van der Waals surface area contributed by atoms with E-state index in [0.29, 0.717) is 0 Å². The summed E-state index contributed by atoms with van der Waals surface area (Å²) in [4.78, 5) is 20.7.